The minimum absolute atomic E-state index is 0.00660. The van der Waals surface area contributed by atoms with Crippen LogP contribution in [0.5, 0.6) is 0 Å². The average Bonchev–Trinajstić information content (AvgIpc) is 2.98. The number of amides is 2. The van der Waals surface area contributed by atoms with Crippen molar-refractivity contribution in [2.24, 2.45) is 5.92 Å². The molecule has 1 aliphatic rings. The fourth-order valence-electron chi connectivity index (χ4n) is 3.31. The first-order valence-corrected chi connectivity index (χ1v) is 9.42. The number of unbranched alkanes of at least 4 members (excludes halogenated alkanes) is 3. The number of nitrogens with zero attached hydrogens (tertiary/aromatic N) is 1. The van der Waals surface area contributed by atoms with Gasteiger partial charge in [-0.2, -0.15) is 13.2 Å². The third-order valence-corrected chi connectivity index (χ3v) is 4.83. The Balaban J connectivity index is 2.01. The molecule has 7 heteroatoms. The van der Waals surface area contributed by atoms with E-state index in [4.69, 9.17) is 4.74 Å². The first kappa shape index (κ1) is 21.3. The van der Waals surface area contributed by atoms with Crippen LogP contribution in [0.15, 0.2) is 30.3 Å². The molecule has 0 N–H and O–H groups in total. The van der Waals surface area contributed by atoms with E-state index in [0.29, 0.717) is 19.3 Å². The Kier molecular flexibility index (Phi) is 7.68. The summed E-state index contributed by atoms with van der Waals surface area (Å²) in [6.45, 7) is 1.99. The molecular formula is C20H26F3NO3. The fraction of sp³-hybridized carbons (Fsp3) is 0.600. The average molecular weight is 385 g/mol. The number of cyclic esters (lactones) is 1. The molecule has 0 spiro atoms. The maximum absolute atomic E-state index is 13.3. The van der Waals surface area contributed by atoms with Gasteiger partial charge in [-0.15, -0.1) is 0 Å². The van der Waals surface area contributed by atoms with E-state index in [0.717, 1.165) is 23.3 Å². The van der Waals surface area contributed by atoms with Crippen LogP contribution in [0.3, 0.4) is 0 Å². The van der Waals surface area contributed by atoms with E-state index in [1.165, 1.54) is 0 Å². The summed E-state index contributed by atoms with van der Waals surface area (Å²) in [5, 5.41) is 0. The smallest absolute Gasteiger partial charge is 0.416 e. The van der Waals surface area contributed by atoms with Crippen molar-refractivity contribution in [3.63, 3.8) is 0 Å². The van der Waals surface area contributed by atoms with Crippen LogP contribution < -0.4 is 0 Å². The number of hydrogen-bond acceptors (Lipinski definition) is 3. The minimum Gasteiger partial charge on any atom is -0.447 e. The van der Waals surface area contributed by atoms with Gasteiger partial charge in [-0.05, 0) is 18.4 Å². The van der Waals surface area contributed by atoms with Crippen LogP contribution in [0.25, 0.3) is 0 Å². The predicted octanol–water partition coefficient (Wildman–Crippen LogP) is 5.12. The van der Waals surface area contributed by atoms with Crippen molar-refractivity contribution in [2.45, 2.75) is 64.1 Å². The van der Waals surface area contributed by atoms with Crippen molar-refractivity contribution < 1.29 is 27.5 Å². The highest BCUT2D eigenvalue weighted by Gasteiger charge is 2.44. The first-order valence-electron chi connectivity index (χ1n) is 9.42. The van der Waals surface area contributed by atoms with E-state index in [-0.39, 0.29) is 13.0 Å². The Labute approximate surface area is 157 Å². The van der Waals surface area contributed by atoms with Gasteiger partial charge in [-0.25, -0.2) is 9.69 Å². The maximum atomic E-state index is 13.3. The SMILES string of the molecule is CCCCCCC(CC(=O)N1C(=O)OC[C@@H]1Cc1ccccc1)C(F)(F)F. The molecule has 1 aromatic carbocycles. The number of benzene rings is 1. The second-order valence-electron chi connectivity index (χ2n) is 6.98. The largest absolute Gasteiger partial charge is 0.447 e. The van der Waals surface area contributed by atoms with Gasteiger partial charge in [-0.3, -0.25) is 4.79 Å². The summed E-state index contributed by atoms with van der Waals surface area (Å²) in [7, 11) is 0. The lowest BCUT2D eigenvalue weighted by Crippen LogP contribution is -2.42. The minimum atomic E-state index is -4.46. The highest BCUT2D eigenvalue weighted by atomic mass is 19.4. The van der Waals surface area contributed by atoms with Gasteiger partial charge in [0.15, 0.2) is 0 Å². The molecule has 1 aliphatic heterocycles. The normalized spacial score (nSPS) is 18.4. The summed E-state index contributed by atoms with van der Waals surface area (Å²) >= 11 is 0. The second kappa shape index (κ2) is 9.76. The van der Waals surface area contributed by atoms with Crippen LogP contribution in [-0.2, 0) is 16.0 Å². The number of rotatable bonds is 9. The molecule has 27 heavy (non-hydrogen) atoms. The van der Waals surface area contributed by atoms with Gasteiger partial charge < -0.3 is 4.74 Å². The zero-order chi connectivity index (χ0) is 19.9. The molecule has 2 amide bonds. The molecule has 0 radical (unpaired) electrons. The summed E-state index contributed by atoms with van der Waals surface area (Å²) in [5.41, 5.74) is 0.894. The summed E-state index contributed by atoms with van der Waals surface area (Å²) in [4.78, 5) is 25.3. The molecule has 150 valence electrons. The monoisotopic (exact) mass is 385 g/mol. The van der Waals surface area contributed by atoms with Crippen LogP contribution in [0.1, 0.15) is 51.0 Å². The zero-order valence-electron chi connectivity index (χ0n) is 15.5. The van der Waals surface area contributed by atoms with E-state index in [1.807, 2.05) is 37.3 Å². The molecule has 0 aromatic heterocycles. The van der Waals surface area contributed by atoms with E-state index in [9.17, 15) is 22.8 Å². The quantitative estimate of drug-likeness (QED) is 0.555. The standard InChI is InChI=1S/C20H26F3NO3/c1-2-3-4-8-11-16(20(21,22)23)13-18(25)24-17(14-27-19(24)26)12-15-9-6-5-7-10-15/h5-7,9-10,16-17H,2-4,8,11-14H2,1H3/t16?,17-/m0/s1. The number of ether oxygens (including phenoxy) is 1. The number of hydrogen-bond donors (Lipinski definition) is 0. The van der Waals surface area contributed by atoms with Crippen molar-refractivity contribution >= 4 is 12.0 Å². The highest BCUT2D eigenvalue weighted by Crippen LogP contribution is 2.34. The van der Waals surface area contributed by atoms with Crippen LogP contribution in [-0.4, -0.2) is 35.7 Å². The molecule has 0 aliphatic carbocycles. The Morgan fingerprint density at radius 1 is 1.22 bits per heavy atom. The van der Waals surface area contributed by atoms with Gasteiger partial charge in [0.05, 0.1) is 12.0 Å². The summed E-state index contributed by atoms with van der Waals surface area (Å²) in [5.74, 6) is -2.54. The van der Waals surface area contributed by atoms with E-state index >= 15 is 0 Å². The summed E-state index contributed by atoms with van der Waals surface area (Å²) < 4.78 is 44.9. The lowest BCUT2D eigenvalue weighted by molar-refractivity contribution is -0.182. The zero-order valence-corrected chi connectivity index (χ0v) is 15.5. The van der Waals surface area contributed by atoms with Crippen molar-refractivity contribution in [3.8, 4) is 0 Å². The van der Waals surface area contributed by atoms with Crippen molar-refractivity contribution in [3.05, 3.63) is 35.9 Å². The third-order valence-electron chi connectivity index (χ3n) is 4.83. The predicted molar refractivity (Wildman–Crippen MR) is 95.0 cm³/mol. The fourth-order valence-corrected chi connectivity index (χ4v) is 3.31. The summed E-state index contributed by atoms with van der Waals surface area (Å²) in [6, 6.07) is 8.62. The molecule has 1 fully saturated rings. The lowest BCUT2D eigenvalue weighted by Gasteiger charge is -2.24. The molecule has 1 unspecified atom stereocenters. The Morgan fingerprint density at radius 2 is 1.93 bits per heavy atom. The number of halogens is 3. The van der Waals surface area contributed by atoms with Crippen LogP contribution in [0, 0.1) is 5.92 Å². The maximum Gasteiger partial charge on any atom is 0.416 e. The van der Waals surface area contributed by atoms with Crippen LogP contribution in [0.4, 0.5) is 18.0 Å². The number of alkyl halides is 3. The molecule has 1 heterocycles. The molecule has 2 atom stereocenters. The van der Waals surface area contributed by atoms with E-state index in [2.05, 4.69) is 0 Å². The number of carbonyl (C=O) groups is 2. The van der Waals surface area contributed by atoms with Crippen molar-refractivity contribution in [1.82, 2.24) is 4.90 Å². The van der Waals surface area contributed by atoms with Gasteiger partial charge >= 0.3 is 12.3 Å². The van der Waals surface area contributed by atoms with Crippen LogP contribution >= 0.6 is 0 Å². The Bertz CT molecular complexity index is 619. The Morgan fingerprint density at radius 3 is 2.56 bits per heavy atom. The highest BCUT2D eigenvalue weighted by molar-refractivity contribution is 5.93. The molecule has 2 rings (SSSR count). The first-order chi connectivity index (χ1) is 12.8. The molecule has 1 saturated heterocycles. The molecular weight excluding hydrogens is 359 g/mol. The Hall–Kier alpha value is -2.05. The second-order valence-corrected chi connectivity index (χ2v) is 6.98. The third kappa shape index (κ3) is 6.26. The molecule has 0 bridgehead atoms. The lowest BCUT2D eigenvalue weighted by atomic mass is 9.95. The number of imide groups is 1. The van der Waals surface area contributed by atoms with E-state index in [1.54, 1.807) is 0 Å². The molecule has 0 saturated carbocycles. The van der Waals surface area contributed by atoms with Crippen LogP contribution in [0.2, 0.25) is 0 Å². The van der Waals surface area contributed by atoms with Gasteiger partial charge in [0.25, 0.3) is 0 Å². The molecule has 4 nitrogen and oxygen atoms in total. The van der Waals surface area contributed by atoms with Gasteiger partial charge in [0.2, 0.25) is 5.91 Å². The van der Waals surface area contributed by atoms with E-state index < -0.39 is 36.6 Å². The topological polar surface area (TPSA) is 46.6 Å². The summed E-state index contributed by atoms with van der Waals surface area (Å²) in [6.07, 6.45) is -2.83. The van der Waals surface area contributed by atoms with Crippen molar-refractivity contribution in [1.29, 1.82) is 0 Å². The van der Waals surface area contributed by atoms with Gasteiger partial charge in [0, 0.05) is 6.42 Å². The van der Waals surface area contributed by atoms with Gasteiger partial charge in [-0.1, -0.05) is 62.9 Å². The van der Waals surface area contributed by atoms with Crippen molar-refractivity contribution in [2.75, 3.05) is 6.61 Å². The number of carbonyl (C=O) groups excluding carboxylic acids is 2. The van der Waals surface area contributed by atoms with Gasteiger partial charge in [0.1, 0.15) is 6.61 Å². The molecule has 1 aromatic rings.